The number of amides is 2. The number of carboxylic acid groups (broad SMARTS) is 1. The standard InChI is InChI=1S/C26H29N3O5/c1-16(2)15-34-23-13-20(9-10-21(23)28-24(30)14-27)25(31)29-22(26(32)33)12-17-7-8-18-5-3-4-6-19(18)11-17/h3-11,13,16,22H,12,14-15,27H2,1-2H3,(H,28,30)(H,29,31)(H,32,33)/t22-/m0/s1. The largest absolute Gasteiger partial charge is 0.491 e. The quantitative estimate of drug-likeness (QED) is 0.365. The molecular formula is C26H29N3O5. The molecule has 1 atom stereocenters. The van der Waals surface area contributed by atoms with Crippen LogP contribution in [0.5, 0.6) is 5.75 Å². The van der Waals surface area contributed by atoms with Gasteiger partial charge in [0.05, 0.1) is 18.8 Å². The van der Waals surface area contributed by atoms with Crippen LogP contribution in [-0.2, 0) is 16.0 Å². The lowest BCUT2D eigenvalue weighted by Gasteiger charge is -2.17. The molecule has 0 aliphatic carbocycles. The third kappa shape index (κ3) is 6.55. The number of ether oxygens (including phenoxy) is 1. The average molecular weight is 464 g/mol. The molecule has 3 aromatic rings. The van der Waals surface area contributed by atoms with Crippen molar-refractivity contribution in [2.45, 2.75) is 26.3 Å². The number of anilines is 1. The van der Waals surface area contributed by atoms with Crippen LogP contribution < -0.4 is 21.1 Å². The van der Waals surface area contributed by atoms with Gasteiger partial charge in [-0.2, -0.15) is 0 Å². The monoisotopic (exact) mass is 463 g/mol. The average Bonchev–Trinajstić information content (AvgIpc) is 2.82. The van der Waals surface area contributed by atoms with Gasteiger partial charge in [0.1, 0.15) is 11.8 Å². The molecule has 3 rings (SSSR count). The molecule has 0 saturated heterocycles. The predicted octanol–water partition coefficient (Wildman–Crippen LogP) is 3.20. The summed E-state index contributed by atoms with van der Waals surface area (Å²) in [7, 11) is 0. The molecule has 0 saturated carbocycles. The summed E-state index contributed by atoms with van der Waals surface area (Å²) in [5, 5.41) is 17.0. The Morgan fingerprint density at radius 3 is 2.41 bits per heavy atom. The van der Waals surface area contributed by atoms with E-state index in [0.717, 1.165) is 16.3 Å². The Morgan fingerprint density at radius 1 is 1.00 bits per heavy atom. The van der Waals surface area contributed by atoms with Crippen LogP contribution in [0.25, 0.3) is 10.8 Å². The Balaban J connectivity index is 1.79. The van der Waals surface area contributed by atoms with E-state index in [0.29, 0.717) is 18.0 Å². The van der Waals surface area contributed by atoms with E-state index in [1.165, 1.54) is 18.2 Å². The van der Waals surface area contributed by atoms with Crippen LogP contribution >= 0.6 is 0 Å². The predicted molar refractivity (Wildman–Crippen MR) is 131 cm³/mol. The zero-order valence-electron chi connectivity index (χ0n) is 19.2. The van der Waals surface area contributed by atoms with Crippen LogP contribution in [0.15, 0.2) is 60.7 Å². The second kappa shape index (κ2) is 11.3. The molecule has 0 unspecified atom stereocenters. The van der Waals surface area contributed by atoms with Gasteiger partial charge >= 0.3 is 5.97 Å². The molecule has 0 heterocycles. The highest BCUT2D eigenvalue weighted by Crippen LogP contribution is 2.27. The van der Waals surface area contributed by atoms with E-state index in [-0.39, 0.29) is 24.4 Å². The highest BCUT2D eigenvalue weighted by atomic mass is 16.5. The van der Waals surface area contributed by atoms with Crippen LogP contribution in [0.1, 0.15) is 29.8 Å². The number of nitrogens with two attached hydrogens (primary N) is 1. The van der Waals surface area contributed by atoms with Gasteiger partial charge in [-0.1, -0.05) is 56.3 Å². The Hall–Kier alpha value is -3.91. The third-order valence-corrected chi connectivity index (χ3v) is 5.13. The Bertz CT molecular complexity index is 1190. The van der Waals surface area contributed by atoms with E-state index in [4.69, 9.17) is 10.5 Å². The fourth-order valence-corrected chi connectivity index (χ4v) is 3.39. The molecular weight excluding hydrogens is 434 g/mol. The van der Waals surface area contributed by atoms with Gasteiger partial charge in [-0.05, 0) is 40.5 Å². The summed E-state index contributed by atoms with van der Waals surface area (Å²) in [5.41, 5.74) is 6.78. The number of hydrogen-bond donors (Lipinski definition) is 4. The van der Waals surface area contributed by atoms with Gasteiger partial charge in [0.15, 0.2) is 0 Å². The number of fused-ring (bicyclic) bond motifs is 1. The Labute approximate surface area is 198 Å². The summed E-state index contributed by atoms with van der Waals surface area (Å²) >= 11 is 0. The lowest BCUT2D eigenvalue weighted by atomic mass is 10.0. The Morgan fingerprint density at radius 2 is 1.74 bits per heavy atom. The summed E-state index contributed by atoms with van der Waals surface area (Å²) in [6.45, 7) is 4.12. The van der Waals surface area contributed by atoms with Crippen LogP contribution in [0, 0.1) is 5.92 Å². The summed E-state index contributed by atoms with van der Waals surface area (Å²) in [6.07, 6.45) is 0.132. The third-order valence-electron chi connectivity index (χ3n) is 5.13. The van der Waals surface area contributed by atoms with Gasteiger partial charge in [-0.25, -0.2) is 4.79 Å². The zero-order valence-corrected chi connectivity index (χ0v) is 19.2. The number of benzene rings is 3. The molecule has 8 heteroatoms. The first kappa shape index (κ1) is 24.7. The van der Waals surface area contributed by atoms with Crippen molar-refractivity contribution in [2.24, 2.45) is 11.7 Å². The van der Waals surface area contributed by atoms with Crippen molar-refractivity contribution >= 4 is 34.2 Å². The van der Waals surface area contributed by atoms with Crippen molar-refractivity contribution in [1.82, 2.24) is 5.32 Å². The highest BCUT2D eigenvalue weighted by molar-refractivity contribution is 5.99. The van der Waals surface area contributed by atoms with Crippen LogP contribution in [-0.4, -0.2) is 42.1 Å². The molecule has 3 aromatic carbocycles. The van der Waals surface area contributed by atoms with Gasteiger partial charge in [0.25, 0.3) is 5.91 Å². The molecule has 34 heavy (non-hydrogen) atoms. The maximum absolute atomic E-state index is 12.9. The number of carbonyl (C=O) groups is 3. The maximum Gasteiger partial charge on any atom is 0.326 e. The first-order valence-electron chi connectivity index (χ1n) is 11.0. The van der Waals surface area contributed by atoms with Crippen LogP contribution in [0.4, 0.5) is 5.69 Å². The van der Waals surface area contributed by atoms with Gasteiger partial charge in [-0.3, -0.25) is 9.59 Å². The van der Waals surface area contributed by atoms with E-state index >= 15 is 0 Å². The highest BCUT2D eigenvalue weighted by Gasteiger charge is 2.22. The molecule has 0 aliphatic rings. The van der Waals surface area contributed by atoms with Crippen LogP contribution in [0.2, 0.25) is 0 Å². The summed E-state index contributed by atoms with van der Waals surface area (Å²) < 4.78 is 5.77. The molecule has 2 amide bonds. The maximum atomic E-state index is 12.9. The fraction of sp³-hybridized carbons (Fsp3) is 0.269. The van der Waals surface area contributed by atoms with Gasteiger partial charge in [0.2, 0.25) is 5.91 Å². The first-order chi connectivity index (χ1) is 16.3. The van der Waals surface area contributed by atoms with Crippen molar-refractivity contribution in [1.29, 1.82) is 0 Å². The number of nitrogens with one attached hydrogen (secondary N) is 2. The van der Waals surface area contributed by atoms with Gasteiger partial charge in [0, 0.05) is 12.0 Å². The number of carbonyl (C=O) groups excluding carboxylic acids is 2. The van der Waals surface area contributed by atoms with Crippen molar-refractivity contribution in [2.75, 3.05) is 18.5 Å². The van der Waals surface area contributed by atoms with Gasteiger partial charge < -0.3 is 26.2 Å². The number of hydrogen-bond acceptors (Lipinski definition) is 5. The Kier molecular flexibility index (Phi) is 8.21. The second-order valence-corrected chi connectivity index (χ2v) is 8.42. The zero-order chi connectivity index (χ0) is 24.7. The minimum Gasteiger partial charge on any atom is -0.491 e. The minimum absolute atomic E-state index is 0.132. The molecule has 0 spiro atoms. The van der Waals surface area contributed by atoms with E-state index in [2.05, 4.69) is 10.6 Å². The van der Waals surface area contributed by atoms with Crippen LogP contribution in [0.3, 0.4) is 0 Å². The molecule has 8 nitrogen and oxygen atoms in total. The fourth-order valence-electron chi connectivity index (χ4n) is 3.39. The minimum atomic E-state index is -1.13. The van der Waals surface area contributed by atoms with Crippen molar-refractivity contribution < 1.29 is 24.2 Å². The topological polar surface area (TPSA) is 131 Å². The van der Waals surface area contributed by atoms with Crippen molar-refractivity contribution in [3.63, 3.8) is 0 Å². The van der Waals surface area contributed by atoms with E-state index in [1.807, 2.05) is 56.3 Å². The van der Waals surface area contributed by atoms with Gasteiger partial charge in [-0.15, -0.1) is 0 Å². The normalized spacial score (nSPS) is 11.8. The van der Waals surface area contributed by atoms with E-state index < -0.39 is 23.8 Å². The van der Waals surface area contributed by atoms with Crippen molar-refractivity contribution in [3.8, 4) is 5.75 Å². The molecule has 0 bridgehead atoms. The molecule has 0 aliphatic heterocycles. The molecule has 0 radical (unpaired) electrons. The molecule has 0 fully saturated rings. The van der Waals surface area contributed by atoms with E-state index in [9.17, 15) is 19.5 Å². The summed E-state index contributed by atoms with van der Waals surface area (Å²) in [5.74, 6) is -1.56. The summed E-state index contributed by atoms with van der Waals surface area (Å²) in [4.78, 5) is 36.5. The second-order valence-electron chi connectivity index (χ2n) is 8.42. The SMILES string of the molecule is CC(C)COc1cc(C(=O)N[C@@H](Cc2ccc3ccccc3c2)C(=O)O)ccc1NC(=O)CN. The molecule has 5 N–H and O–H groups in total. The number of rotatable bonds is 10. The lowest BCUT2D eigenvalue weighted by Crippen LogP contribution is -2.42. The molecule has 178 valence electrons. The van der Waals surface area contributed by atoms with E-state index in [1.54, 1.807) is 0 Å². The number of aliphatic carboxylic acids is 1. The summed E-state index contributed by atoms with van der Waals surface area (Å²) in [6, 6.07) is 16.9. The van der Waals surface area contributed by atoms with Crippen molar-refractivity contribution in [3.05, 3.63) is 71.8 Å². The lowest BCUT2D eigenvalue weighted by molar-refractivity contribution is -0.139. The smallest absolute Gasteiger partial charge is 0.326 e. The number of carboxylic acids is 1. The first-order valence-corrected chi connectivity index (χ1v) is 11.0. The molecule has 0 aromatic heterocycles.